The number of phenolic OH excluding ortho intramolecular Hbond substituents is 1. The van der Waals surface area contributed by atoms with E-state index < -0.39 is 29.7 Å². The predicted molar refractivity (Wildman–Crippen MR) is 215 cm³/mol. The van der Waals surface area contributed by atoms with Crippen molar-refractivity contribution in [1.82, 2.24) is 25.1 Å². The van der Waals surface area contributed by atoms with E-state index in [4.69, 9.17) is 4.74 Å². The molecule has 0 saturated carbocycles. The van der Waals surface area contributed by atoms with Gasteiger partial charge < -0.3 is 14.7 Å². The summed E-state index contributed by atoms with van der Waals surface area (Å²) in [6, 6.07) is 29.9. The normalized spacial score (nSPS) is 17.7. The largest absolute Gasteiger partial charge is 0.508 e. The quantitative estimate of drug-likeness (QED) is 0.125. The fraction of sp³-hybridized carbons (Fsp3) is 0.244. The van der Waals surface area contributed by atoms with Gasteiger partial charge >= 0.3 is 0 Å². The number of piperazine rings is 1. The molecular weight excluding hydrogens is 721 g/mol. The summed E-state index contributed by atoms with van der Waals surface area (Å²) in [7, 11) is 0. The number of nitrogens with one attached hydrogen (secondary N) is 1. The topological polar surface area (TPSA) is 145 Å². The van der Waals surface area contributed by atoms with Crippen molar-refractivity contribution in [2.45, 2.75) is 32.2 Å². The first-order valence-electron chi connectivity index (χ1n) is 19.2. The highest BCUT2D eigenvalue weighted by molar-refractivity contribution is 6.23. The number of carbonyl (C=O) groups excluding carboxylic acids is 4. The Morgan fingerprint density at radius 2 is 1.49 bits per heavy atom. The Kier molecular flexibility index (Phi) is 10.6. The number of fused-ring (bicyclic) bond motifs is 1. The number of anilines is 1. The van der Waals surface area contributed by atoms with Crippen LogP contribution < -0.4 is 15.0 Å². The van der Waals surface area contributed by atoms with Gasteiger partial charge in [-0.25, -0.2) is 4.98 Å². The number of phenols is 1. The summed E-state index contributed by atoms with van der Waals surface area (Å²) in [6.07, 6.45) is 4.40. The van der Waals surface area contributed by atoms with Crippen LogP contribution in [0.4, 0.5) is 5.82 Å². The minimum atomic E-state index is -1.02. The fourth-order valence-electron chi connectivity index (χ4n) is 7.78. The number of carbonyl (C=O) groups is 4. The van der Waals surface area contributed by atoms with E-state index in [9.17, 15) is 24.3 Å². The van der Waals surface area contributed by atoms with E-state index in [0.29, 0.717) is 17.9 Å². The Bertz CT molecular complexity index is 2340. The zero-order valence-corrected chi connectivity index (χ0v) is 31.6. The summed E-state index contributed by atoms with van der Waals surface area (Å²) in [5, 5.41) is 12.2. The van der Waals surface area contributed by atoms with Crippen LogP contribution in [0.2, 0.25) is 0 Å². The second-order valence-corrected chi connectivity index (χ2v) is 14.3. The third-order valence-electron chi connectivity index (χ3n) is 10.8. The second kappa shape index (κ2) is 16.2. The van der Waals surface area contributed by atoms with Gasteiger partial charge in [-0.3, -0.25) is 39.3 Å². The highest BCUT2D eigenvalue weighted by Crippen LogP contribution is 2.36. The van der Waals surface area contributed by atoms with Gasteiger partial charge in [-0.2, -0.15) is 0 Å². The number of amides is 4. The standard InChI is InChI=1S/C45H42N6O6/c1-2-35(29-6-4-3-5-7-29)42(30-8-13-33(52)14-9-30)31-10-15-34(16-11-31)57-25-24-49-20-22-50(23-21-49)40-28-46-38(27-47-40)32-12-17-36-37(26-32)45(56)51(44(36)55)39-18-19-41(53)48-43(39)54/h3-17,26-28,39,52H,2,18-25H2,1H3,(H,48,53,54). The van der Waals surface area contributed by atoms with Gasteiger partial charge in [0.1, 0.15) is 30.0 Å². The van der Waals surface area contributed by atoms with Crippen LogP contribution in [0.25, 0.3) is 22.4 Å². The summed E-state index contributed by atoms with van der Waals surface area (Å²) in [5.41, 5.74) is 7.26. The summed E-state index contributed by atoms with van der Waals surface area (Å²) in [5.74, 6) is -0.359. The maximum atomic E-state index is 13.3. The number of ether oxygens (including phenoxy) is 1. The van der Waals surface area contributed by atoms with Crippen LogP contribution >= 0.6 is 0 Å². The molecule has 1 atom stereocenters. The Morgan fingerprint density at radius 1 is 0.789 bits per heavy atom. The lowest BCUT2D eigenvalue weighted by Gasteiger charge is -2.35. The van der Waals surface area contributed by atoms with Crippen LogP contribution in [0.15, 0.2) is 109 Å². The molecule has 3 aliphatic rings. The number of hydrogen-bond donors (Lipinski definition) is 2. The maximum Gasteiger partial charge on any atom is 0.262 e. The van der Waals surface area contributed by atoms with Crippen LogP contribution in [0, 0.1) is 0 Å². The molecule has 4 amide bonds. The van der Waals surface area contributed by atoms with Crippen molar-refractivity contribution >= 4 is 40.6 Å². The van der Waals surface area contributed by atoms with E-state index in [1.54, 1.807) is 42.7 Å². The van der Waals surface area contributed by atoms with E-state index in [2.05, 4.69) is 68.4 Å². The van der Waals surface area contributed by atoms with Crippen molar-refractivity contribution in [3.63, 3.8) is 0 Å². The minimum absolute atomic E-state index is 0.0653. The average molecular weight is 763 g/mol. The summed E-state index contributed by atoms with van der Waals surface area (Å²) >= 11 is 0. The molecule has 12 heteroatoms. The van der Waals surface area contributed by atoms with Crippen molar-refractivity contribution in [1.29, 1.82) is 0 Å². The molecule has 8 rings (SSSR count). The molecule has 4 aromatic carbocycles. The van der Waals surface area contributed by atoms with Gasteiger partial charge in [-0.15, -0.1) is 0 Å². The van der Waals surface area contributed by atoms with Crippen molar-refractivity contribution in [3.05, 3.63) is 137 Å². The molecular formula is C45H42N6O6. The maximum absolute atomic E-state index is 13.3. The van der Waals surface area contributed by atoms with Gasteiger partial charge in [-0.05, 0) is 77.1 Å². The third-order valence-corrected chi connectivity index (χ3v) is 10.8. The van der Waals surface area contributed by atoms with Gasteiger partial charge in [0.25, 0.3) is 11.8 Å². The Hall–Kier alpha value is -6.66. The lowest BCUT2D eigenvalue weighted by molar-refractivity contribution is -0.136. The van der Waals surface area contributed by atoms with E-state index in [1.807, 2.05) is 30.3 Å². The molecule has 0 spiro atoms. The molecule has 1 unspecified atom stereocenters. The second-order valence-electron chi connectivity index (χ2n) is 14.3. The molecule has 1 aromatic heterocycles. The SMILES string of the molecule is CCC(=C(c1ccc(O)cc1)c1ccc(OCCN2CCN(c3cnc(-c4ccc5c(c4)C(=O)N(C4CCC(=O)NC4=O)C5=O)cn3)CC2)cc1)c1ccccc1. The number of rotatable bonds is 11. The third kappa shape index (κ3) is 7.76. The van der Waals surface area contributed by atoms with Gasteiger partial charge in [0.05, 0.1) is 29.2 Å². The van der Waals surface area contributed by atoms with E-state index >= 15 is 0 Å². The monoisotopic (exact) mass is 762 g/mol. The summed E-state index contributed by atoms with van der Waals surface area (Å²) in [6.45, 7) is 6.75. The molecule has 3 aliphatic heterocycles. The molecule has 288 valence electrons. The molecule has 57 heavy (non-hydrogen) atoms. The number of allylic oxidation sites excluding steroid dienone is 1. The molecule has 2 fully saturated rings. The molecule has 5 aromatic rings. The number of aromatic nitrogens is 2. The first-order chi connectivity index (χ1) is 27.8. The molecule has 2 saturated heterocycles. The highest BCUT2D eigenvalue weighted by Gasteiger charge is 2.44. The summed E-state index contributed by atoms with van der Waals surface area (Å²) in [4.78, 5) is 65.2. The van der Waals surface area contributed by atoms with Crippen LogP contribution in [0.3, 0.4) is 0 Å². The first-order valence-corrected chi connectivity index (χ1v) is 19.2. The van der Waals surface area contributed by atoms with Crippen molar-refractivity contribution < 1.29 is 29.0 Å². The van der Waals surface area contributed by atoms with Gasteiger partial charge in [-0.1, -0.05) is 67.6 Å². The fourth-order valence-corrected chi connectivity index (χ4v) is 7.78. The molecule has 0 radical (unpaired) electrons. The van der Waals surface area contributed by atoms with Gasteiger partial charge in [0.15, 0.2) is 0 Å². The first kappa shape index (κ1) is 37.3. The molecule has 12 nitrogen and oxygen atoms in total. The van der Waals surface area contributed by atoms with Gasteiger partial charge in [0, 0.05) is 44.7 Å². The van der Waals surface area contributed by atoms with Crippen molar-refractivity contribution in [2.24, 2.45) is 0 Å². The van der Waals surface area contributed by atoms with Crippen LogP contribution in [0.5, 0.6) is 11.5 Å². The number of imide groups is 2. The zero-order valence-electron chi connectivity index (χ0n) is 31.6. The van der Waals surface area contributed by atoms with Crippen molar-refractivity contribution in [2.75, 3.05) is 44.2 Å². The van der Waals surface area contributed by atoms with Crippen LogP contribution in [0.1, 0.15) is 63.6 Å². The van der Waals surface area contributed by atoms with E-state index in [0.717, 1.165) is 72.3 Å². The smallest absolute Gasteiger partial charge is 0.262 e. The number of benzene rings is 4. The van der Waals surface area contributed by atoms with Crippen LogP contribution in [-0.2, 0) is 9.59 Å². The lowest BCUT2D eigenvalue weighted by Crippen LogP contribution is -2.54. The Morgan fingerprint density at radius 3 is 2.16 bits per heavy atom. The highest BCUT2D eigenvalue weighted by atomic mass is 16.5. The predicted octanol–water partition coefficient (Wildman–Crippen LogP) is 5.82. The van der Waals surface area contributed by atoms with E-state index in [-0.39, 0.29) is 29.7 Å². The molecule has 4 heterocycles. The zero-order chi connectivity index (χ0) is 39.5. The Labute approximate surface area is 330 Å². The number of piperidine rings is 1. The average Bonchev–Trinajstić information content (AvgIpc) is 3.49. The summed E-state index contributed by atoms with van der Waals surface area (Å²) < 4.78 is 6.19. The molecule has 0 aliphatic carbocycles. The van der Waals surface area contributed by atoms with E-state index in [1.165, 1.54) is 11.1 Å². The van der Waals surface area contributed by atoms with Crippen LogP contribution in [-0.4, -0.2) is 93.9 Å². The van der Waals surface area contributed by atoms with Gasteiger partial charge in [0.2, 0.25) is 11.8 Å². The number of nitrogens with zero attached hydrogens (tertiary/aromatic N) is 5. The minimum Gasteiger partial charge on any atom is -0.508 e. The van der Waals surface area contributed by atoms with Crippen molar-refractivity contribution in [3.8, 4) is 22.8 Å². The number of aromatic hydroxyl groups is 1. The molecule has 2 N–H and O–H groups in total. The number of hydrogen-bond acceptors (Lipinski definition) is 10. The lowest BCUT2D eigenvalue weighted by atomic mass is 9.88. The molecule has 0 bridgehead atoms. The Balaban J connectivity index is 0.850.